The van der Waals surface area contributed by atoms with Gasteiger partial charge < -0.3 is 18.9 Å². The van der Waals surface area contributed by atoms with Gasteiger partial charge in [-0.25, -0.2) is 14.0 Å². The molecule has 0 amide bonds. The first kappa shape index (κ1) is 30.6. The smallest absolute Gasteiger partial charge is 0.411 e. The number of ether oxygens (including phenoxy) is 4. The predicted octanol–water partition coefficient (Wildman–Crippen LogP) is 7.41. The van der Waals surface area contributed by atoms with E-state index in [4.69, 9.17) is 14.2 Å². The zero-order valence-corrected chi connectivity index (χ0v) is 22.1. The molecule has 10 heteroatoms. The highest BCUT2D eigenvalue weighted by atomic mass is 19.4. The summed E-state index contributed by atoms with van der Waals surface area (Å²) in [6, 6.07) is 17.5. The fraction of sp³-hybridized carbons (Fsp3) is 0.333. The van der Waals surface area contributed by atoms with E-state index in [1.165, 1.54) is 12.1 Å². The minimum atomic E-state index is -4.30. The van der Waals surface area contributed by atoms with Gasteiger partial charge in [0.05, 0.1) is 23.8 Å². The van der Waals surface area contributed by atoms with Crippen molar-refractivity contribution in [1.82, 2.24) is 0 Å². The molecule has 0 N–H and O–H groups in total. The monoisotopic (exact) mass is 562 g/mol. The Balaban J connectivity index is 1.46. The molecule has 0 radical (unpaired) electrons. The molecule has 6 nitrogen and oxygen atoms in total. The van der Waals surface area contributed by atoms with Crippen molar-refractivity contribution in [1.29, 1.82) is 0 Å². The number of halogens is 4. The van der Waals surface area contributed by atoms with Crippen LogP contribution in [0.1, 0.15) is 53.8 Å². The second-order valence-electron chi connectivity index (χ2n) is 9.16. The second-order valence-corrected chi connectivity index (χ2v) is 9.16. The molecule has 0 aliphatic carbocycles. The Morgan fingerprint density at radius 3 is 1.98 bits per heavy atom. The molecular formula is C30H30F4O6. The van der Waals surface area contributed by atoms with Crippen LogP contribution >= 0.6 is 0 Å². The molecule has 0 unspecified atom stereocenters. The van der Waals surface area contributed by atoms with Gasteiger partial charge in [0.1, 0.15) is 23.9 Å². The third-order valence-electron chi connectivity index (χ3n) is 5.49. The topological polar surface area (TPSA) is 71.1 Å². The summed E-state index contributed by atoms with van der Waals surface area (Å²) in [6.07, 6.45) is -2.79. The van der Waals surface area contributed by atoms with E-state index in [1.54, 1.807) is 50.2 Å². The van der Waals surface area contributed by atoms with Crippen molar-refractivity contribution in [2.45, 2.75) is 45.4 Å². The molecule has 0 aliphatic heterocycles. The summed E-state index contributed by atoms with van der Waals surface area (Å²) in [5, 5.41) is 0. The molecule has 0 bridgehead atoms. The van der Waals surface area contributed by atoms with Crippen LogP contribution < -0.4 is 9.47 Å². The number of esters is 2. The zero-order valence-electron chi connectivity index (χ0n) is 22.1. The van der Waals surface area contributed by atoms with Gasteiger partial charge in [0.15, 0.2) is 0 Å². The number of carbonyl (C=O) groups is 2. The molecule has 0 heterocycles. The molecule has 0 aromatic heterocycles. The lowest BCUT2D eigenvalue weighted by Gasteiger charge is -2.10. The Labute approximate surface area is 229 Å². The molecule has 0 aliphatic rings. The van der Waals surface area contributed by atoms with Crippen molar-refractivity contribution >= 4 is 11.9 Å². The summed E-state index contributed by atoms with van der Waals surface area (Å²) in [4.78, 5) is 24.4. The lowest BCUT2D eigenvalue weighted by Crippen LogP contribution is -2.17. The zero-order chi connectivity index (χ0) is 29.1. The molecular weight excluding hydrogens is 532 g/mol. The Bertz CT molecular complexity index is 1250. The molecule has 0 saturated heterocycles. The molecule has 3 rings (SSSR count). The van der Waals surface area contributed by atoms with Gasteiger partial charge in [-0.05, 0) is 80.6 Å². The normalized spacial score (nSPS) is 11.4. The number of alkyl halides is 3. The summed E-state index contributed by atoms with van der Waals surface area (Å²) in [6.45, 7) is 2.58. The Kier molecular flexibility index (Phi) is 11.1. The van der Waals surface area contributed by atoms with Gasteiger partial charge in [-0.15, -0.1) is 0 Å². The number of hydrogen-bond donors (Lipinski definition) is 0. The van der Waals surface area contributed by atoms with Gasteiger partial charge >= 0.3 is 18.1 Å². The van der Waals surface area contributed by atoms with Crippen LogP contribution in [0.3, 0.4) is 0 Å². The van der Waals surface area contributed by atoms with Gasteiger partial charge in [0.25, 0.3) is 0 Å². The summed E-state index contributed by atoms with van der Waals surface area (Å²) in [7, 11) is 0. The van der Waals surface area contributed by atoms with Crippen molar-refractivity contribution < 1.29 is 46.1 Å². The lowest BCUT2D eigenvalue weighted by atomic mass is 10.0. The van der Waals surface area contributed by atoms with Crippen LogP contribution in [-0.4, -0.2) is 44.0 Å². The van der Waals surface area contributed by atoms with Gasteiger partial charge in [0.2, 0.25) is 0 Å². The first-order valence-corrected chi connectivity index (χ1v) is 12.7. The van der Waals surface area contributed by atoms with Crippen molar-refractivity contribution in [2.75, 3.05) is 19.8 Å². The minimum absolute atomic E-state index is 0.0435. The third-order valence-corrected chi connectivity index (χ3v) is 5.49. The van der Waals surface area contributed by atoms with E-state index in [1.807, 2.05) is 12.1 Å². The van der Waals surface area contributed by atoms with Crippen molar-refractivity contribution in [3.05, 3.63) is 83.7 Å². The van der Waals surface area contributed by atoms with Crippen LogP contribution in [0.15, 0.2) is 66.7 Å². The number of hydrogen-bond acceptors (Lipinski definition) is 6. The molecule has 0 spiro atoms. The number of benzene rings is 3. The van der Waals surface area contributed by atoms with Crippen LogP contribution in [0.2, 0.25) is 0 Å². The summed E-state index contributed by atoms with van der Waals surface area (Å²) >= 11 is 0. The fourth-order valence-electron chi connectivity index (χ4n) is 3.57. The van der Waals surface area contributed by atoms with Crippen LogP contribution in [0.25, 0.3) is 11.1 Å². The highest BCUT2D eigenvalue weighted by Gasteiger charge is 2.27. The van der Waals surface area contributed by atoms with Crippen LogP contribution in [-0.2, 0) is 9.47 Å². The van der Waals surface area contributed by atoms with Crippen molar-refractivity contribution in [3.63, 3.8) is 0 Å². The standard InChI is InChI=1S/C30H30F4O6/c1-20(2)39-29(36)26-15-14-25(18-27(26)31)40-28(35)23-8-6-21(7-9-23)22-10-12-24(13-11-22)38-17-5-3-4-16-37-19-30(32,33)34/h6-15,18,20H,3-5,16-17,19H2,1-2H3. The van der Waals surface area contributed by atoms with Gasteiger partial charge in [-0.2, -0.15) is 13.2 Å². The molecule has 0 fully saturated rings. The maximum Gasteiger partial charge on any atom is 0.411 e. The van der Waals surface area contributed by atoms with E-state index in [9.17, 15) is 27.2 Å². The summed E-state index contributed by atoms with van der Waals surface area (Å²) < 4.78 is 70.8. The number of unbranched alkanes of at least 4 members (excludes halogenated alkanes) is 2. The first-order chi connectivity index (χ1) is 19.0. The predicted molar refractivity (Wildman–Crippen MR) is 140 cm³/mol. The number of carbonyl (C=O) groups excluding carboxylic acids is 2. The van der Waals surface area contributed by atoms with E-state index in [-0.39, 0.29) is 23.5 Å². The number of rotatable bonds is 13. The summed E-state index contributed by atoms with van der Waals surface area (Å²) in [5.41, 5.74) is 1.75. The average Bonchev–Trinajstić information content (AvgIpc) is 2.89. The van der Waals surface area contributed by atoms with E-state index in [0.29, 0.717) is 31.6 Å². The molecule has 3 aromatic carbocycles. The molecule has 3 aromatic rings. The van der Waals surface area contributed by atoms with Gasteiger partial charge in [-0.1, -0.05) is 24.3 Å². The second kappa shape index (κ2) is 14.5. The van der Waals surface area contributed by atoms with E-state index in [0.717, 1.165) is 17.2 Å². The molecule has 40 heavy (non-hydrogen) atoms. The van der Waals surface area contributed by atoms with Gasteiger partial charge in [0, 0.05) is 12.7 Å². The quantitative estimate of drug-likeness (QED) is 0.0936. The van der Waals surface area contributed by atoms with Crippen molar-refractivity contribution in [2.24, 2.45) is 0 Å². The molecule has 0 atom stereocenters. The summed E-state index contributed by atoms with van der Waals surface area (Å²) in [5.74, 6) is -1.72. The van der Waals surface area contributed by atoms with Gasteiger partial charge in [-0.3, -0.25) is 0 Å². The maximum atomic E-state index is 14.3. The largest absolute Gasteiger partial charge is 0.494 e. The van der Waals surface area contributed by atoms with Crippen molar-refractivity contribution in [3.8, 4) is 22.6 Å². The first-order valence-electron chi connectivity index (χ1n) is 12.7. The lowest BCUT2D eigenvalue weighted by molar-refractivity contribution is -0.174. The van der Waals surface area contributed by atoms with Crippen LogP contribution in [0, 0.1) is 5.82 Å². The Morgan fingerprint density at radius 2 is 1.38 bits per heavy atom. The highest BCUT2D eigenvalue weighted by Crippen LogP contribution is 2.24. The SMILES string of the molecule is CC(C)OC(=O)c1ccc(OC(=O)c2ccc(-c3ccc(OCCCCCOCC(F)(F)F)cc3)cc2)cc1F. The van der Waals surface area contributed by atoms with Crippen LogP contribution in [0.4, 0.5) is 17.6 Å². The third kappa shape index (κ3) is 10.00. The fourth-order valence-corrected chi connectivity index (χ4v) is 3.57. The Hall–Kier alpha value is -3.92. The molecule has 214 valence electrons. The van der Waals surface area contributed by atoms with E-state index in [2.05, 4.69) is 4.74 Å². The van der Waals surface area contributed by atoms with E-state index >= 15 is 0 Å². The average molecular weight is 563 g/mol. The van der Waals surface area contributed by atoms with Crippen LogP contribution in [0.5, 0.6) is 11.5 Å². The Morgan fingerprint density at radius 1 is 0.775 bits per heavy atom. The minimum Gasteiger partial charge on any atom is -0.494 e. The van der Waals surface area contributed by atoms with E-state index < -0.39 is 36.6 Å². The molecule has 0 saturated carbocycles. The highest BCUT2D eigenvalue weighted by molar-refractivity contribution is 5.92. The maximum absolute atomic E-state index is 14.3.